The van der Waals surface area contributed by atoms with Crippen molar-refractivity contribution < 1.29 is 9.53 Å². The molecule has 5 heteroatoms. The molecule has 5 nitrogen and oxygen atoms in total. The van der Waals surface area contributed by atoms with Gasteiger partial charge in [-0.3, -0.25) is 4.79 Å². The number of carbonyl (C=O) groups excluding carboxylic acids is 1. The fourth-order valence-electron chi connectivity index (χ4n) is 3.27. The maximum Gasteiger partial charge on any atom is 0.259 e. The first kappa shape index (κ1) is 15.8. The summed E-state index contributed by atoms with van der Waals surface area (Å²) >= 11 is 0. The zero-order chi connectivity index (χ0) is 15.2. The third kappa shape index (κ3) is 3.35. The maximum absolute atomic E-state index is 12.9. The minimum absolute atomic E-state index is 0.00667. The zero-order valence-electron chi connectivity index (χ0n) is 12.9. The summed E-state index contributed by atoms with van der Waals surface area (Å²) < 4.78 is 5.22. The highest BCUT2D eigenvalue weighted by Gasteiger charge is 2.32. The molecule has 2 atom stereocenters. The summed E-state index contributed by atoms with van der Waals surface area (Å²) in [6.45, 7) is 3.33. The van der Waals surface area contributed by atoms with Gasteiger partial charge in [-0.2, -0.15) is 0 Å². The number of ether oxygens (including phenoxy) is 1. The first-order chi connectivity index (χ1) is 10.2. The number of methoxy groups -OCH3 is 1. The monoisotopic (exact) mass is 291 g/mol. The standard InChI is InChI=1S/C16H25N3O2/c1-3-19(14-9-5-4-7-12(14)11-17)16(20)13-8-6-10-18-15(13)21-2/h6,8,10,12,14H,3-5,7,9,11,17H2,1-2H3. The lowest BCUT2D eigenvalue weighted by Crippen LogP contribution is -2.48. The van der Waals surface area contributed by atoms with Crippen molar-refractivity contribution in [3.05, 3.63) is 23.9 Å². The smallest absolute Gasteiger partial charge is 0.259 e. The van der Waals surface area contributed by atoms with Gasteiger partial charge in [-0.15, -0.1) is 0 Å². The molecule has 1 aromatic heterocycles. The molecule has 1 heterocycles. The molecule has 1 aliphatic rings. The van der Waals surface area contributed by atoms with Gasteiger partial charge < -0.3 is 15.4 Å². The Hall–Kier alpha value is -1.62. The van der Waals surface area contributed by atoms with E-state index in [1.165, 1.54) is 6.42 Å². The fraction of sp³-hybridized carbons (Fsp3) is 0.625. The van der Waals surface area contributed by atoms with Gasteiger partial charge in [0.05, 0.1) is 7.11 Å². The van der Waals surface area contributed by atoms with Crippen molar-refractivity contribution in [1.82, 2.24) is 9.88 Å². The Labute approximate surface area is 126 Å². The average molecular weight is 291 g/mol. The van der Waals surface area contributed by atoms with Crippen molar-refractivity contribution in [1.29, 1.82) is 0 Å². The van der Waals surface area contributed by atoms with Crippen LogP contribution in [0.25, 0.3) is 0 Å². The van der Waals surface area contributed by atoms with E-state index in [0.717, 1.165) is 19.3 Å². The van der Waals surface area contributed by atoms with Crippen LogP contribution in [0, 0.1) is 5.92 Å². The second kappa shape index (κ2) is 7.41. The molecular formula is C16H25N3O2. The number of nitrogens with zero attached hydrogens (tertiary/aromatic N) is 2. The highest BCUT2D eigenvalue weighted by Crippen LogP contribution is 2.29. The van der Waals surface area contributed by atoms with E-state index >= 15 is 0 Å². The number of rotatable bonds is 5. The normalized spacial score (nSPS) is 21.9. The van der Waals surface area contributed by atoms with Crippen molar-refractivity contribution >= 4 is 5.91 Å². The SMILES string of the molecule is CCN(C(=O)c1cccnc1OC)C1CCCCC1CN. The molecule has 0 radical (unpaired) electrons. The lowest BCUT2D eigenvalue weighted by molar-refractivity contribution is 0.0556. The molecule has 0 bridgehead atoms. The summed E-state index contributed by atoms with van der Waals surface area (Å²) in [5.41, 5.74) is 6.44. The Morgan fingerprint density at radius 3 is 2.90 bits per heavy atom. The van der Waals surface area contributed by atoms with Crippen LogP contribution in [0.4, 0.5) is 0 Å². The lowest BCUT2D eigenvalue weighted by Gasteiger charge is -2.39. The molecule has 1 aromatic rings. The summed E-state index contributed by atoms with van der Waals surface area (Å²) in [6, 6.07) is 3.77. The van der Waals surface area contributed by atoms with Crippen LogP contribution in [-0.2, 0) is 0 Å². The molecule has 1 amide bonds. The van der Waals surface area contributed by atoms with Crippen molar-refractivity contribution in [3.8, 4) is 5.88 Å². The van der Waals surface area contributed by atoms with Gasteiger partial charge in [0.2, 0.25) is 5.88 Å². The van der Waals surface area contributed by atoms with Crippen LogP contribution in [-0.4, -0.2) is 42.0 Å². The topological polar surface area (TPSA) is 68.5 Å². The maximum atomic E-state index is 12.9. The highest BCUT2D eigenvalue weighted by molar-refractivity contribution is 5.96. The number of aromatic nitrogens is 1. The molecular weight excluding hydrogens is 266 g/mol. The third-order valence-corrected chi connectivity index (χ3v) is 4.37. The molecule has 116 valence electrons. The third-order valence-electron chi connectivity index (χ3n) is 4.37. The largest absolute Gasteiger partial charge is 0.480 e. The molecule has 0 spiro atoms. The Kier molecular flexibility index (Phi) is 5.56. The molecule has 21 heavy (non-hydrogen) atoms. The van der Waals surface area contributed by atoms with Crippen molar-refractivity contribution in [2.75, 3.05) is 20.2 Å². The Morgan fingerprint density at radius 2 is 2.24 bits per heavy atom. The molecule has 2 N–H and O–H groups in total. The molecule has 1 fully saturated rings. The van der Waals surface area contributed by atoms with Crippen LogP contribution in [0.5, 0.6) is 5.88 Å². The molecule has 1 saturated carbocycles. The fourth-order valence-corrected chi connectivity index (χ4v) is 3.27. The Bertz CT molecular complexity index is 478. The molecule has 1 aliphatic carbocycles. The number of carbonyl (C=O) groups is 1. The van der Waals surface area contributed by atoms with E-state index in [0.29, 0.717) is 30.5 Å². The van der Waals surface area contributed by atoms with Crippen molar-refractivity contribution in [2.24, 2.45) is 11.7 Å². The van der Waals surface area contributed by atoms with Crippen molar-refractivity contribution in [3.63, 3.8) is 0 Å². The van der Waals surface area contributed by atoms with Gasteiger partial charge in [-0.1, -0.05) is 12.8 Å². The van der Waals surface area contributed by atoms with Crippen LogP contribution in [0.15, 0.2) is 18.3 Å². The van der Waals surface area contributed by atoms with E-state index in [4.69, 9.17) is 10.5 Å². The first-order valence-electron chi connectivity index (χ1n) is 7.73. The van der Waals surface area contributed by atoms with Crippen LogP contribution < -0.4 is 10.5 Å². The summed E-state index contributed by atoms with van der Waals surface area (Å²) in [4.78, 5) is 18.9. The van der Waals surface area contributed by atoms with E-state index in [2.05, 4.69) is 4.98 Å². The molecule has 2 rings (SSSR count). The second-order valence-corrected chi connectivity index (χ2v) is 5.50. The average Bonchev–Trinajstić information content (AvgIpc) is 2.55. The summed E-state index contributed by atoms with van der Waals surface area (Å²) in [6.07, 6.45) is 6.14. The lowest BCUT2D eigenvalue weighted by atomic mass is 9.83. The minimum Gasteiger partial charge on any atom is -0.480 e. The van der Waals surface area contributed by atoms with Gasteiger partial charge in [0.15, 0.2) is 0 Å². The van der Waals surface area contributed by atoms with E-state index in [-0.39, 0.29) is 11.9 Å². The van der Waals surface area contributed by atoms with E-state index in [1.54, 1.807) is 25.4 Å². The highest BCUT2D eigenvalue weighted by atomic mass is 16.5. The number of hydrogen-bond acceptors (Lipinski definition) is 4. The summed E-state index contributed by atoms with van der Waals surface area (Å²) in [5, 5.41) is 0. The number of amides is 1. The minimum atomic E-state index is -0.00667. The predicted octanol–water partition coefficient (Wildman–Crippen LogP) is 2.07. The molecule has 0 aliphatic heterocycles. The Morgan fingerprint density at radius 1 is 1.48 bits per heavy atom. The van der Waals surface area contributed by atoms with Gasteiger partial charge in [0.25, 0.3) is 5.91 Å². The van der Waals surface area contributed by atoms with Gasteiger partial charge in [0.1, 0.15) is 5.56 Å². The number of pyridine rings is 1. The zero-order valence-corrected chi connectivity index (χ0v) is 12.9. The van der Waals surface area contributed by atoms with Gasteiger partial charge in [-0.25, -0.2) is 4.98 Å². The van der Waals surface area contributed by atoms with E-state index < -0.39 is 0 Å². The quantitative estimate of drug-likeness (QED) is 0.901. The predicted molar refractivity (Wildman–Crippen MR) is 82.3 cm³/mol. The van der Waals surface area contributed by atoms with E-state index in [9.17, 15) is 4.79 Å². The van der Waals surface area contributed by atoms with Crippen LogP contribution in [0.1, 0.15) is 43.0 Å². The number of hydrogen-bond donors (Lipinski definition) is 1. The van der Waals surface area contributed by atoms with Gasteiger partial charge in [0, 0.05) is 18.8 Å². The number of nitrogens with two attached hydrogens (primary N) is 1. The second-order valence-electron chi connectivity index (χ2n) is 5.50. The van der Waals surface area contributed by atoms with Gasteiger partial charge >= 0.3 is 0 Å². The van der Waals surface area contributed by atoms with Crippen molar-refractivity contribution in [2.45, 2.75) is 38.6 Å². The summed E-state index contributed by atoms with van der Waals surface area (Å²) in [5.74, 6) is 0.777. The molecule has 0 saturated heterocycles. The van der Waals surface area contributed by atoms with Crippen LogP contribution in [0.3, 0.4) is 0 Å². The van der Waals surface area contributed by atoms with Gasteiger partial charge in [-0.05, 0) is 44.4 Å². The first-order valence-corrected chi connectivity index (χ1v) is 7.73. The Balaban J connectivity index is 2.25. The summed E-state index contributed by atoms with van der Waals surface area (Å²) in [7, 11) is 1.54. The van der Waals surface area contributed by atoms with Crippen LogP contribution in [0.2, 0.25) is 0 Å². The van der Waals surface area contributed by atoms with E-state index in [1.807, 2.05) is 11.8 Å². The molecule has 0 aromatic carbocycles. The molecule has 2 unspecified atom stereocenters. The van der Waals surface area contributed by atoms with Crippen LogP contribution >= 0.6 is 0 Å².